The minimum atomic E-state index is -0.494. The molecule has 2 rings (SSSR count). The van der Waals surface area contributed by atoms with Gasteiger partial charge in [0.05, 0.1) is 17.9 Å². The highest BCUT2D eigenvalue weighted by Gasteiger charge is 1.97. The van der Waals surface area contributed by atoms with Crippen molar-refractivity contribution in [3.63, 3.8) is 0 Å². The van der Waals surface area contributed by atoms with Crippen LogP contribution < -0.4 is 5.56 Å². The Morgan fingerprint density at radius 1 is 1.29 bits per heavy atom. The van der Waals surface area contributed by atoms with Gasteiger partial charge in [-0.25, -0.2) is 14.4 Å². The molecule has 0 unspecified atom stereocenters. The van der Waals surface area contributed by atoms with Crippen molar-refractivity contribution >= 4 is 11.2 Å². The average Bonchev–Trinajstić information content (AvgIpc) is 2.20. The van der Waals surface area contributed by atoms with Crippen LogP contribution in [0.4, 0.5) is 4.39 Å². The van der Waals surface area contributed by atoms with Gasteiger partial charge in [0.25, 0.3) is 5.56 Å². The maximum absolute atomic E-state index is 12.6. The van der Waals surface area contributed by atoms with Gasteiger partial charge in [0.2, 0.25) is 0 Å². The van der Waals surface area contributed by atoms with E-state index >= 15 is 0 Å². The molecule has 0 spiro atoms. The van der Waals surface area contributed by atoms with Crippen LogP contribution in [-0.4, -0.2) is 15.0 Å². The van der Waals surface area contributed by atoms with Crippen LogP contribution in [0.2, 0.25) is 0 Å². The summed E-state index contributed by atoms with van der Waals surface area (Å²) in [5, 5.41) is 0. The topological polar surface area (TPSA) is 58.6 Å². The highest BCUT2D eigenvalue weighted by atomic mass is 19.1. The van der Waals surface area contributed by atoms with Gasteiger partial charge in [-0.2, -0.15) is 0 Å². The minimum Gasteiger partial charge on any atom is -0.318 e. The second-order valence-corrected chi connectivity index (χ2v) is 2.27. The molecule has 0 bridgehead atoms. The van der Waals surface area contributed by atoms with Gasteiger partial charge in [-0.15, -0.1) is 0 Å². The molecular formula is C9H10FN3O. The zero-order chi connectivity index (χ0) is 10.6. The summed E-state index contributed by atoms with van der Waals surface area (Å²) in [6.45, 7) is 4.00. The van der Waals surface area contributed by atoms with Crippen LogP contribution in [0.5, 0.6) is 0 Å². The molecule has 0 saturated heterocycles. The Morgan fingerprint density at radius 2 is 1.93 bits per heavy atom. The van der Waals surface area contributed by atoms with E-state index < -0.39 is 5.82 Å². The van der Waals surface area contributed by atoms with E-state index in [4.69, 9.17) is 0 Å². The van der Waals surface area contributed by atoms with Gasteiger partial charge in [-0.3, -0.25) is 4.79 Å². The molecule has 4 nitrogen and oxygen atoms in total. The summed E-state index contributed by atoms with van der Waals surface area (Å²) in [4.78, 5) is 20.5. The van der Waals surface area contributed by atoms with Crippen molar-refractivity contribution in [1.29, 1.82) is 0 Å². The SMILES string of the molecule is CC.O=c1cnc2ncc(F)cc2[nH]1. The third-order valence-corrected chi connectivity index (χ3v) is 1.40. The summed E-state index contributed by atoms with van der Waals surface area (Å²) in [5.41, 5.74) is 0.272. The summed E-state index contributed by atoms with van der Waals surface area (Å²) < 4.78 is 12.6. The lowest BCUT2D eigenvalue weighted by Crippen LogP contribution is -2.05. The first-order chi connectivity index (χ1) is 6.75. The van der Waals surface area contributed by atoms with Gasteiger partial charge in [0.1, 0.15) is 5.82 Å². The number of nitrogens with zero attached hydrogens (tertiary/aromatic N) is 2. The Bertz CT molecular complexity index is 481. The van der Waals surface area contributed by atoms with E-state index in [1.54, 1.807) is 0 Å². The first kappa shape index (κ1) is 10.3. The Hall–Kier alpha value is -1.78. The molecule has 0 atom stereocenters. The van der Waals surface area contributed by atoms with E-state index in [0.29, 0.717) is 11.2 Å². The molecule has 2 aromatic rings. The van der Waals surface area contributed by atoms with E-state index in [1.165, 1.54) is 6.07 Å². The normalized spacial score (nSPS) is 9.36. The molecule has 0 aliphatic heterocycles. The second kappa shape index (κ2) is 4.45. The molecule has 1 N–H and O–H groups in total. The number of pyridine rings is 1. The predicted octanol–water partition coefficient (Wildman–Crippen LogP) is 1.48. The van der Waals surface area contributed by atoms with Gasteiger partial charge >= 0.3 is 0 Å². The Labute approximate surface area is 79.8 Å². The lowest BCUT2D eigenvalue weighted by molar-refractivity contribution is 0.623. The number of H-pyrrole nitrogens is 1. The molecule has 0 fully saturated rings. The average molecular weight is 195 g/mol. The molecule has 2 heterocycles. The molecule has 0 aliphatic rings. The van der Waals surface area contributed by atoms with Gasteiger partial charge in [0, 0.05) is 6.07 Å². The van der Waals surface area contributed by atoms with Crippen molar-refractivity contribution in [3.8, 4) is 0 Å². The third-order valence-electron chi connectivity index (χ3n) is 1.40. The molecule has 0 radical (unpaired) electrons. The zero-order valence-corrected chi connectivity index (χ0v) is 7.91. The van der Waals surface area contributed by atoms with Gasteiger partial charge in [-0.1, -0.05) is 13.8 Å². The molecule has 14 heavy (non-hydrogen) atoms. The van der Waals surface area contributed by atoms with Crippen molar-refractivity contribution in [3.05, 3.63) is 34.6 Å². The Balaban J connectivity index is 0.000000461. The summed E-state index contributed by atoms with van der Waals surface area (Å²) in [6.07, 6.45) is 2.15. The molecule has 74 valence electrons. The van der Waals surface area contributed by atoms with Gasteiger partial charge < -0.3 is 4.98 Å². The molecule has 0 aromatic carbocycles. The van der Waals surface area contributed by atoms with Crippen molar-refractivity contribution in [2.75, 3.05) is 0 Å². The molecular weight excluding hydrogens is 185 g/mol. The first-order valence-corrected chi connectivity index (χ1v) is 4.26. The van der Waals surface area contributed by atoms with E-state index in [9.17, 15) is 9.18 Å². The predicted molar refractivity (Wildman–Crippen MR) is 51.5 cm³/mol. The number of halogens is 1. The van der Waals surface area contributed by atoms with Crippen molar-refractivity contribution in [1.82, 2.24) is 15.0 Å². The minimum absolute atomic E-state index is 0.308. The van der Waals surface area contributed by atoms with Crippen LogP contribution in [0.15, 0.2) is 23.3 Å². The molecule has 5 heteroatoms. The summed E-state index contributed by atoms with van der Waals surface area (Å²) >= 11 is 0. The van der Waals surface area contributed by atoms with Crippen LogP contribution in [-0.2, 0) is 0 Å². The summed E-state index contributed by atoms with van der Waals surface area (Å²) in [7, 11) is 0. The largest absolute Gasteiger partial charge is 0.318 e. The molecule has 0 saturated carbocycles. The smallest absolute Gasteiger partial charge is 0.266 e. The van der Waals surface area contributed by atoms with Gasteiger partial charge in [-0.05, 0) is 0 Å². The highest BCUT2D eigenvalue weighted by molar-refractivity contribution is 5.68. The van der Waals surface area contributed by atoms with Crippen LogP contribution in [0.1, 0.15) is 13.8 Å². The molecule has 2 aromatic heterocycles. The quantitative estimate of drug-likeness (QED) is 0.692. The monoisotopic (exact) mass is 195 g/mol. The maximum Gasteiger partial charge on any atom is 0.266 e. The van der Waals surface area contributed by atoms with E-state index in [2.05, 4.69) is 15.0 Å². The number of hydrogen-bond donors (Lipinski definition) is 1. The van der Waals surface area contributed by atoms with Crippen LogP contribution >= 0.6 is 0 Å². The van der Waals surface area contributed by atoms with Crippen LogP contribution in [0.25, 0.3) is 11.2 Å². The number of fused-ring (bicyclic) bond motifs is 1. The zero-order valence-electron chi connectivity index (χ0n) is 7.91. The number of aromatic nitrogens is 3. The number of hydrogen-bond acceptors (Lipinski definition) is 3. The molecule has 0 amide bonds. The lowest BCUT2D eigenvalue weighted by Gasteiger charge is -1.93. The number of aromatic amines is 1. The third kappa shape index (κ3) is 2.12. The van der Waals surface area contributed by atoms with E-state index in [0.717, 1.165) is 12.4 Å². The Morgan fingerprint density at radius 3 is 2.64 bits per heavy atom. The maximum atomic E-state index is 12.6. The van der Waals surface area contributed by atoms with Crippen molar-refractivity contribution in [2.24, 2.45) is 0 Å². The highest BCUT2D eigenvalue weighted by Crippen LogP contribution is 2.03. The fourth-order valence-electron chi connectivity index (χ4n) is 0.912. The fourth-order valence-corrected chi connectivity index (χ4v) is 0.912. The van der Waals surface area contributed by atoms with Crippen molar-refractivity contribution in [2.45, 2.75) is 13.8 Å². The van der Waals surface area contributed by atoms with E-state index in [1.807, 2.05) is 13.8 Å². The first-order valence-electron chi connectivity index (χ1n) is 4.26. The van der Waals surface area contributed by atoms with Crippen LogP contribution in [0.3, 0.4) is 0 Å². The Kier molecular flexibility index (Phi) is 3.28. The molecule has 0 aliphatic carbocycles. The van der Waals surface area contributed by atoms with Crippen molar-refractivity contribution < 1.29 is 4.39 Å². The summed E-state index contributed by atoms with van der Waals surface area (Å²) in [6, 6.07) is 1.18. The van der Waals surface area contributed by atoms with E-state index in [-0.39, 0.29) is 5.56 Å². The summed E-state index contributed by atoms with van der Waals surface area (Å²) in [5.74, 6) is -0.494. The second-order valence-electron chi connectivity index (χ2n) is 2.27. The van der Waals surface area contributed by atoms with Crippen LogP contribution in [0, 0.1) is 5.82 Å². The standard InChI is InChI=1S/C7H4FN3O.C2H6/c8-4-1-5-7(9-2-4)10-3-6(12)11-5;1-2/h1-3H,(H,11,12);1-2H3. The number of nitrogens with one attached hydrogen (secondary N) is 1. The number of rotatable bonds is 0. The lowest BCUT2D eigenvalue weighted by atomic mass is 10.4. The van der Waals surface area contributed by atoms with Gasteiger partial charge in [0.15, 0.2) is 5.65 Å². The fraction of sp³-hybridized carbons (Fsp3) is 0.222.